The van der Waals surface area contributed by atoms with Gasteiger partial charge in [-0.05, 0) is 46.6 Å². The number of carbonyl (C=O) groups is 1. The van der Waals surface area contributed by atoms with Gasteiger partial charge >= 0.3 is 0 Å². The summed E-state index contributed by atoms with van der Waals surface area (Å²) in [4.78, 5) is 16.3. The van der Waals surface area contributed by atoms with Crippen LogP contribution in [0.25, 0.3) is 0 Å². The van der Waals surface area contributed by atoms with E-state index in [1.54, 1.807) is 18.5 Å². The van der Waals surface area contributed by atoms with Crippen molar-refractivity contribution in [2.45, 2.75) is 64.9 Å². The van der Waals surface area contributed by atoms with Crippen molar-refractivity contribution in [3.63, 3.8) is 0 Å². The van der Waals surface area contributed by atoms with Crippen LogP contribution in [0.2, 0.25) is 0 Å². The molecule has 1 fully saturated rings. The first-order valence-corrected chi connectivity index (χ1v) is 7.52. The molecule has 2 rings (SSSR count). The molecule has 0 spiro atoms. The quantitative estimate of drug-likeness (QED) is 0.875. The lowest BCUT2D eigenvalue weighted by Crippen LogP contribution is -2.48. The van der Waals surface area contributed by atoms with Crippen LogP contribution in [-0.2, 0) is 4.74 Å². The van der Waals surface area contributed by atoms with Crippen LogP contribution in [0.5, 0.6) is 5.75 Å². The Bertz CT molecular complexity index is 482. The predicted octanol–water partition coefficient (Wildman–Crippen LogP) is 2.55. The Hall–Kier alpha value is -1.62. The Balaban J connectivity index is 1.90. The van der Waals surface area contributed by atoms with Gasteiger partial charge in [-0.15, -0.1) is 0 Å². The van der Waals surface area contributed by atoms with E-state index in [1.165, 1.54) is 0 Å². The van der Waals surface area contributed by atoms with Gasteiger partial charge in [-0.1, -0.05) is 0 Å². The fourth-order valence-corrected chi connectivity index (χ4v) is 2.36. The van der Waals surface area contributed by atoms with Crippen LogP contribution in [0.4, 0.5) is 0 Å². The standard InChI is InChI=1S/C16H24N2O3/c1-10(2)20-13-7-12(8-13)18-16(19)14-5-6-17-9-15(14)21-11(3)4/h5-6,9-13H,7-8H2,1-4H3,(H,18,19). The molecule has 116 valence electrons. The minimum absolute atomic E-state index is 0.00766. The van der Waals surface area contributed by atoms with Crippen molar-refractivity contribution in [1.29, 1.82) is 0 Å². The molecule has 5 heteroatoms. The van der Waals surface area contributed by atoms with Gasteiger partial charge in [-0.25, -0.2) is 0 Å². The van der Waals surface area contributed by atoms with Crippen LogP contribution in [0.1, 0.15) is 50.9 Å². The van der Waals surface area contributed by atoms with Crippen molar-refractivity contribution >= 4 is 5.91 Å². The van der Waals surface area contributed by atoms with Gasteiger partial charge in [-0.3, -0.25) is 9.78 Å². The zero-order chi connectivity index (χ0) is 15.4. The molecule has 0 bridgehead atoms. The molecule has 1 aromatic rings. The van der Waals surface area contributed by atoms with E-state index in [1.807, 2.05) is 27.7 Å². The number of rotatable bonds is 6. The molecule has 0 atom stereocenters. The molecule has 0 unspecified atom stereocenters. The average Bonchev–Trinajstić information content (AvgIpc) is 2.35. The van der Waals surface area contributed by atoms with Crippen LogP contribution in [0, 0.1) is 0 Å². The number of nitrogens with zero attached hydrogens (tertiary/aromatic N) is 1. The van der Waals surface area contributed by atoms with Gasteiger partial charge in [0, 0.05) is 12.2 Å². The third-order valence-corrected chi connectivity index (χ3v) is 3.29. The van der Waals surface area contributed by atoms with Crippen molar-refractivity contribution in [2.24, 2.45) is 0 Å². The molecule has 1 aliphatic rings. The lowest BCUT2D eigenvalue weighted by atomic mass is 9.89. The molecule has 5 nitrogen and oxygen atoms in total. The van der Waals surface area contributed by atoms with E-state index in [2.05, 4.69) is 10.3 Å². The monoisotopic (exact) mass is 292 g/mol. The first-order valence-electron chi connectivity index (χ1n) is 7.52. The molecule has 21 heavy (non-hydrogen) atoms. The van der Waals surface area contributed by atoms with Gasteiger partial charge in [0.2, 0.25) is 0 Å². The molecular weight excluding hydrogens is 268 g/mol. The molecule has 1 amide bonds. The van der Waals surface area contributed by atoms with Crippen molar-refractivity contribution in [2.75, 3.05) is 0 Å². The van der Waals surface area contributed by atoms with Crippen LogP contribution < -0.4 is 10.1 Å². The Morgan fingerprint density at radius 1 is 1.29 bits per heavy atom. The fourth-order valence-electron chi connectivity index (χ4n) is 2.36. The van der Waals surface area contributed by atoms with Crippen molar-refractivity contribution < 1.29 is 14.3 Å². The Labute approximate surface area is 126 Å². The second-order valence-electron chi connectivity index (χ2n) is 5.99. The highest BCUT2D eigenvalue weighted by atomic mass is 16.5. The summed E-state index contributed by atoms with van der Waals surface area (Å²) in [7, 11) is 0. The number of hydrogen-bond acceptors (Lipinski definition) is 4. The van der Waals surface area contributed by atoms with E-state index in [0.29, 0.717) is 11.3 Å². The summed E-state index contributed by atoms with van der Waals surface area (Å²) < 4.78 is 11.3. The lowest BCUT2D eigenvalue weighted by Gasteiger charge is -2.36. The zero-order valence-corrected chi connectivity index (χ0v) is 13.1. The Kier molecular flexibility index (Phi) is 5.17. The van der Waals surface area contributed by atoms with Crippen LogP contribution >= 0.6 is 0 Å². The fraction of sp³-hybridized carbons (Fsp3) is 0.625. The molecule has 0 aromatic carbocycles. The second kappa shape index (κ2) is 6.89. The van der Waals surface area contributed by atoms with Gasteiger partial charge in [0.15, 0.2) is 5.75 Å². The van der Waals surface area contributed by atoms with Gasteiger partial charge in [0.05, 0.1) is 30.1 Å². The largest absolute Gasteiger partial charge is 0.489 e. The molecule has 1 heterocycles. The third kappa shape index (κ3) is 4.43. The van der Waals surface area contributed by atoms with E-state index in [9.17, 15) is 4.79 Å². The number of nitrogens with one attached hydrogen (secondary N) is 1. The summed E-state index contributed by atoms with van der Waals surface area (Å²) in [6.45, 7) is 7.90. The van der Waals surface area contributed by atoms with Gasteiger partial charge in [0.1, 0.15) is 0 Å². The molecule has 0 radical (unpaired) electrons. The number of amides is 1. The summed E-state index contributed by atoms with van der Waals surface area (Å²) in [5, 5.41) is 3.02. The number of ether oxygens (including phenoxy) is 2. The molecule has 1 aliphatic carbocycles. The maximum atomic E-state index is 12.3. The topological polar surface area (TPSA) is 60.5 Å². The minimum atomic E-state index is -0.110. The van der Waals surface area contributed by atoms with Gasteiger partial charge in [0.25, 0.3) is 5.91 Å². The number of pyridine rings is 1. The van der Waals surface area contributed by atoms with E-state index in [-0.39, 0.29) is 30.3 Å². The second-order valence-corrected chi connectivity index (χ2v) is 5.99. The highest BCUT2D eigenvalue weighted by Crippen LogP contribution is 2.26. The first kappa shape index (κ1) is 15.8. The lowest BCUT2D eigenvalue weighted by molar-refractivity contribution is -0.0482. The predicted molar refractivity (Wildman–Crippen MR) is 80.5 cm³/mol. The highest BCUT2D eigenvalue weighted by Gasteiger charge is 2.32. The normalized spacial score (nSPS) is 21.2. The third-order valence-electron chi connectivity index (χ3n) is 3.29. The molecule has 1 aromatic heterocycles. The summed E-state index contributed by atoms with van der Waals surface area (Å²) in [5.74, 6) is 0.417. The number of carbonyl (C=O) groups excluding carboxylic acids is 1. The zero-order valence-electron chi connectivity index (χ0n) is 13.1. The molecular formula is C16H24N2O3. The molecule has 1 saturated carbocycles. The molecule has 1 N–H and O–H groups in total. The smallest absolute Gasteiger partial charge is 0.255 e. The minimum Gasteiger partial charge on any atom is -0.489 e. The van der Waals surface area contributed by atoms with Gasteiger partial charge < -0.3 is 14.8 Å². The first-order chi connectivity index (χ1) is 9.95. The summed E-state index contributed by atoms with van der Waals surface area (Å²) in [5.41, 5.74) is 0.534. The molecule has 0 saturated heterocycles. The van der Waals surface area contributed by atoms with E-state index in [0.717, 1.165) is 12.8 Å². The van der Waals surface area contributed by atoms with Crippen LogP contribution in [0.3, 0.4) is 0 Å². The summed E-state index contributed by atoms with van der Waals surface area (Å²) >= 11 is 0. The Morgan fingerprint density at radius 2 is 2.00 bits per heavy atom. The maximum absolute atomic E-state index is 12.3. The van der Waals surface area contributed by atoms with E-state index >= 15 is 0 Å². The highest BCUT2D eigenvalue weighted by molar-refractivity contribution is 5.97. The molecule has 0 aliphatic heterocycles. The Morgan fingerprint density at radius 3 is 2.62 bits per heavy atom. The maximum Gasteiger partial charge on any atom is 0.255 e. The van der Waals surface area contributed by atoms with Crippen molar-refractivity contribution in [3.05, 3.63) is 24.0 Å². The van der Waals surface area contributed by atoms with E-state index in [4.69, 9.17) is 9.47 Å². The number of hydrogen-bond donors (Lipinski definition) is 1. The van der Waals surface area contributed by atoms with Crippen molar-refractivity contribution in [3.8, 4) is 5.75 Å². The van der Waals surface area contributed by atoms with Crippen molar-refractivity contribution in [1.82, 2.24) is 10.3 Å². The average molecular weight is 292 g/mol. The van der Waals surface area contributed by atoms with Crippen LogP contribution in [0.15, 0.2) is 18.5 Å². The van der Waals surface area contributed by atoms with Crippen LogP contribution in [-0.4, -0.2) is 35.2 Å². The van der Waals surface area contributed by atoms with E-state index < -0.39 is 0 Å². The van der Waals surface area contributed by atoms with Gasteiger partial charge in [-0.2, -0.15) is 0 Å². The summed E-state index contributed by atoms with van der Waals surface area (Å²) in [6, 6.07) is 1.87. The number of aromatic nitrogens is 1. The SMILES string of the molecule is CC(C)Oc1cnccc1C(=O)NC1CC(OC(C)C)C1. The summed E-state index contributed by atoms with van der Waals surface area (Å²) in [6.07, 6.45) is 5.43.